The van der Waals surface area contributed by atoms with Crippen molar-refractivity contribution in [3.63, 3.8) is 0 Å². The number of aliphatic hydroxyl groups excluding tert-OH is 1. The summed E-state index contributed by atoms with van der Waals surface area (Å²) in [6.07, 6.45) is 3.71. The van der Waals surface area contributed by atoms with Crippen LogP contribution in [0.25, 0.3) is 0 Å². The lowest BCUT2D eigenvalue weighted by molar-refractivity contribution is -0.119. The quantitative estimate of drug-likeness (QED) is 0.615. The van der Waals surface area contributed by atoms with Gasteiger partial charge < -0.3 is 15.2 Å². The highest BCUT2D eigenvalue weighted by Crippen LogP contribution is 2.25. The van der Waals surface area contributed by atoms with Crippen LogP contribution in [0.15, 0.2) is 47.4 Å². The van der Waals surface area contributed by atoms with Crippen molar-refractivity contribution < 1.29 is 27.9 Å². The van der Waals surface area contributed by atoms with Crippen LogP contribution >= 0.6 is 0 Å². The minimum absolute atomic E-state index is 0.135. The van der Waals surface area contributed by atoms with Gasteiger partial charge in [0.15, 0.2) is 6.61 Å². The number of aliphatic hydroxyl groups is 1. The molecular weight excluding hydrogens is 432 g/mol. The molecule has 2 N–H and O–H groups in total. The zero-order valence-electron chi connectivity index (χ0n) is 18.0. The molecule has 2 aromatic carbocycles. The van der Waals surface area contributed by atoms with Crippen molar-refractivity contribution >= 4 is 27.6 Å². The Kier molecular flexibility index (Phi) is 8.00. The number of carbonyl (C=O) groups is 2. The van der Waals surface area contributed by atoms with Crippen LogP contribution in [0.5, 0.6) is 0 Å². The van der Waals surface area contributed by atoms with E-state index >= 15 is 0 Å². The smallest absolute Gasteiger partial charge is 0.338 e. The van der Waals surface area contributed by atoms with Gasteiger partial charge in [-0.2, -0.15) is 4.31 Å². The summed E-state index contributed by atoms with van der Waals surface area (Å²) in [5.41, 5.74) is 1.84. The highest BCUT2D eigenvalue weighted by Gasteiger charge is 2.27. The molecule has 8 nitrogen and oxygen atoms in total. The van der Waals surface area contributed by atoms with Gasteiger partial charge >= 0.3 is 5.97 Å². The lowest BCUT2D eigenvalue weighted by Gasteiger charge is -2.21. The first kappa shape index (κ1) is 23.9. The van der Waals surface area contributed by atoms with Crippen LogP contribution in [0.1, 0.15) is 47.2 Å². The van der Waals surface area contributed by atoms with Crippen molar-refractivity contribution in [2.24, 2.45) is 0 Å². The molecule has 1 saturated heterocycles. The number of anilines is 1. The molecule has 32 heavy (non-hydrogen) atoms. The highest BCUT2D eigenvalue weighted by molar-refractivity contribution is 7.89. The number of nitrogens with zero attached hydrogens (tertiary/aromatic N) is 1. The Labute approximate surface area is 188 Å². The Morgan fingerprint density at radius 2 is 1.69 bits per heavy atom. The summed E-state index contributed by atoms with van der Waals surface area (Å²) in [7, 11) is -3.66. The maximum atomic E-state index is 13.1. The van der Waals surface area contributed by atoms with Crippen LogP contribution in [-0.2, 0) is 26.2 Å². The summed E-state index contributed by atoms with van der Waals surface area (Å²) in [6.45, 7) is 2.06. The van der Waals surface area contributed by atoms with Crippen molar-refractivity contribution in [1.82, 2.24) is 4.31 Å². The highest BCUT2D eigenvalue weighted by atomic mass is 32.2. The van der Waals surface area contributed by atoms with Crippen molar-refractivity contribution in [3.05, 3.63) is 59.2 Å². The van der Waals surface area contributed by atoms with Crippen LogP contribution < -0.4 is 5.32 Å². The molecule has 0 bridgehead atoms. The lowest BCUT2D eigenvalue weighted by atomic mass is 10.1. The minimum atomic E-state index is -3.66. The van der Waals surface area contributed by atoms with E-state index in [4.69, 9.17) is 9.84 Å². The Morgan fingerprint density at radius 3 is 2.31 bits per heavy atom. The van der Waals surface area contributed by atoms with Crippen LogP contribution in [0, 0.1) is 6.92 Å². The normalized spacial score (nSPS) is 15.1. The third-order valence-electron chi connectivity index (χ3n) is 5.36. The maximum absolute atomic E-state index is 13.1. The second-order valence-corrected chi connectivity index (χ2v) is 9.68. The first-order chi connectivity index (χ1) is 15.3. The molecule has 3 rings (SSSR count). The summed E-state index contributed by atoms with van der Waals surface area (Å²) in [5, 5.41) is 11.6. The number of ether oxygens (including phenoxy) is 1. The molecule has 0 aliphatic carbocycles. The number of hydrogen-bond donors (Lipinski definition) is 2. The summed E-state index contributed by atoms with van der Waals surface area (Å²) in [6, 6.07) is 10.9. The fourth-order valence-corrected chi connectivity index (χ4v) is 5.30. The van der Waals surface area contributed by atoms with E-state index < -0.39 is 28.5 Å². The number of sulfonamides is 1. The lowest BCUT2D eigenvalue weighted by Crippen LogP contribution is -2.32. The Morgan fingerprint density at radius 1 is 1.03 bits per heavy atom. The first-order valence-electron chi connectivity index (χ1n) is 10.6. The number of benzene rings is 2. The van der Waals surface area contributed by atoms with E-state index in [1.165, 1.54) is 22.5 Å². The van der Waals surface area contributed by atoms with Gasteiger partial charge in [0.25, 0.3) is 5.91 Å². The second-order valence-electron chi connectivity index (χ2n) is 7.78. The molecule has 0 aromatic heterocycles. The molecule has 0 radical (unpaired) electrons. The average molecular weight is 461 g/mol. The van der Waals surface area contributed by atoms with Gasteiger partial charge in [-0.1, -0.05) is 31.0 Å². The largest absolute Gasteiger partial charge is 0.452 e. The summed E-state index contributed by atoms with van der Waals surface area (Å²) < 4.78 is 32.8. The van der Waals surface area contributed by atoms with E-state index in [-0.39, 0.29) is 17.1 Å². The van der Waals surface area contributed by atoms with E-state index in [9.17, 15) is 18.0 Å². The molecule has 0 atom stereocenters. The molecule has 0 unspecified atom stereocenters. The molecule has 2 aromatic rings. The number of carbonyl (C=O) groups excluding carboxylic acids is 2. The molecule has 9 heteroatoms. The van der Waals surface area contributed by atoms with Gasteiger partial charge in [-0.25, -0.2) is 13.2 Å². The van der Waals surface area contributed by atoms with Crippen LogP contribution in [0.4, 0.5) is 5.69 Å². The maximum Gasteiger partial charge on any atom is 0.338 e. The Balaban J connectivity index is 1.64. The van der Waals surface area contributed by atoms with Gasteiger partial charge in [-0.15, -0.1) is 0 Å². The van der Waals surface area contributed by atoms with Crippen molar-refractivity contribution in [3.8, 4) is 0 Å². The monoisotopic (exact) mass is 460 g/mol. The molecule has 1 aliphatic rings. The van der Waals surface area contributed by atoms with Gasteiger partial charge in [0.2, 0.25) is 10.0 Å². The number of rotatable bonds is 7. The number of aryl methyl sites for hydroxylation is 1. The van der Waals surface area contributed by atoms with Crippen LogP contribution in [0.2, 0.25) is 0 Å². The van der Waals surface area contributed by atoms with Crippen LogP contribution in [0.3, 0.4) is 0 Å². The standard InChI is InChI=1S/C23H28N2O6S/c1-17-6-11-20(14-21(17)32(29,30)25-12-4-2-3-5-13-25)24-22(27)16-31-23(28)19-9-7-18(15-26)8-10-19/h6-11,14,26H,2-5,12-13,15-16H2,1H3,(H,24,27). The van der Waals surface area contributed by atoms with Gasteiger partial charge in [0.05, 0.1) is 17.1 Å². The first-order valence-corrected chi connectivity index (χ1v) is 12.0. The van der Waals surface area contributed by atoms with Gasteiger partial charge in [0.1, 0.15) is 0 Å². The number of nitrogens with one attached hydrogen (secondary N) is 1. The van der Waals surface area contributed by atoms with Gasteiger partial charge in [0, 0.05) is 18.8 Å². The van der Waals surface area contributed by atoms with Gasteiger partial charge in [-0.05, 0) is 55.2 Å². The van der Waals surface area contributed by atoms with Crippen molar-refractivity contribution in [1.29, 1.82) is 0 Å². The van der Waals surface area contributed by atoms with E-state index in [2.05, 4.69) is 5.32 Å². The number of esters is 1. The number of hydrogen-bond acceptors (Lipinski definition) is 6. The van der Waals surface area contributed by atoms with E-state index in [0.29, 0.717) is 29.9 Å². The summed E-state index contributed by atoms with van der Waals surface area (Å²) in [4.78, 5) is 24.5. The number of amides is 1. The van der Waals surface area contributed by atoms with Crippen molar-refractivity contribution in [2.45, 2.75) is 44.1 Å². The Hall–Kier alpha value is -2.75. The minimum Gasteiger partial charge on any atom is -0.452 e. The molecule has 1 heterocycles. The van der Waals surface area contributed by atoms with Crippen molar-refractivity contribution in [2.75, 3.05) is 25.0 Å². The van der Waals surface area contributed by atoms with E-state index in [0.717, 1.165) is 25.7 Å². The molecule has 172 valence electrons. The van der Waals surface area contributed by atoms with Crippen LogP contribution in [-0.4, -0.2) is 49.4 Å². The molecule has 0 saturated carbocycles. The summed E-state index contributed by atoms with van der Waals surface area (Å²) in [5.74, 6) is -1.25. The average Bonchev–Trinajstić information content (AvgIpc) is 3.09. The fourth-order valence-electron chi connectivity index (χ4n) is 3.53. The van der Waals surface area contributed by atoms with E-state index in [1.807, 2.05) is 0 Å². The molecule has 1 amide bonds. The molecule has 1 aliphatic heterocycles. The van der Waals surface area contributed by atoms with E-state index in [1.54, 1.807) is 31.2 Å². The second kappa shape index (κ2) is 10.7. The fraction of sp³-hybridized carbons (Fsp3) is 0.391. The SMILES string of the molecule is Cc1ccc(NC(=O)COC(=O)c2ccc(CO)cc2)cc1S(=O)(=O)N1CCCCCC1. The zero-order valence-corrected chi connectivity index (χ0v) is 18.9. The third kappa shape index (κ3) is 5.93. The molecular formula is C23H28N2O6S. The predicted octanol–water partition coefficient (Wildman–Crippen LogP) is 2.85. The van der Waals surface area contributed by atoms with Gasteiger partial charge in [-0.3, -0.25) is 4.79 Å². The third-order valence-corrected chi connectivity index (χ3v) is 7.40. The topological polar surface area (TPSA) is 113 Å². The zero-order chi connectivity index (χ0) is 23.1. The predicted molar refractivity (Wildman–Crippen MR) is 120 cm³/mol. The molecule has 0 spiro atoms. The Bertz CT molecular complexity index is 1060. The molecule has 1 fully saturated rings. The summed E-state index contributed by atoms with van der Waals surface area (Å²) >= 11 is 0.